The van der Waals surface area contributed by atoms with Crippen molar-refractivity contribution in [3.63, 3.8) is 0 Å². The lowest BCUT2D eigenvalue weighted by Crippen LogP contribution is -2.50. The molecule has 0 aliphatic rings. The highest BCUT2D eigenvalue weighted by Crippen LogP contribution is 2.17. The van der Waals surface area contributed by atoms with Gasteiger partial charge in [-0.05, 0) is 57.9 Å². The Bertz CT molecular complexity index is 553. The van der Waals surface area contributed by atoms with E-state index in [0.29, 0.717) is 12.8 Å². The molecule has 1 aromatic carbocycles. The molecule has 3 N–H and O–H groups in total. The number of rotatable bonds is 11. The molecule has 0 radical (unpaired) electrons. The third-order valence-electron chi connectivity index (χ3n) is 4.54. The first-order valence-corrected chi connectivity index (χ1v) is 10.5. The highest BCUT2D eigenvalue weighted by atomic mass is 16.6. The van der Waals surface area contributed by atoms with Gasteiger partial charge in [-0.2, -0.15) is 0 Å². The van der Waals surface area contributed by atoms with Crippen molar-refractivity contribution in [3.05, 3.63) is 35.9 Å². The van der Waals surface area contributed by atoms with Gasteiger partial charge in [0.2, 0.25) is 0 Å². The van der Waals surface area contributed by atoms with E-state index in [1.807, 2.05) is 32.0 Å². The van der Waals surface area contributed by atoms with Gasteiger partial charge >= 0.3 is 6.09 Å². The van der Waals surface area contributed by atoms with Crippen LogP contribution in [0, 0.1) is 5.92 Å². The molecule has 28 heavy (non-hydrogen) atoms. The lowest BCUT2D eigenvalue weighted by Gasteiger charge is -2.30. The molecule has 0 aliphatic carbocycles. The number of unbranched alkanes of at least 4 members (excludes halogenated alkanes) is 2. The fraction of sp³-hybridized carbons (Fsp3) is 0.696. The number of nitrogens with one attached hydrogen (secondary N) is 1. The maximum Gasteiger partial charge on any atom is 0.407 e. The van der Waals surface area contributed by atoms with Gasteiger partial charge in [0.15, 0.2) is 0 Å². The zero-order valence-electron chi connectivity index (χ0n) is 18.1. The Kier molecular flexibility index (Phi) is 10.5. The molecule has 160 valence electrons. The van der Waals surface area contributed by atoms with E-state index < -0.39 is 29.9 Å². The minimum Gasteiger partial charge on any atom is -0.444 e. The van der Waals surface area contributed by atoms with Crippen LogP contribution < -0.4 is 5.32 Å². The van der Waals surface area contributed by atoms with Crippen molar-refractivity contribution in [3.8, 4) is 0 Å². The van der Waals surface area contributed by atoms with Crippen molar-refractivity contribution in [1.82, 2.24) is 5.32 Å². The zero-order chi connectivity index (χ0) is 21.2. The van der Waals surface area contributed by atoms with E-state index in [4.69, 9.17) is 4.74 Å². The topological polar surface area (TPSA) is 78.8 Å². The second-order valence-corrected chi connectivity index (χ2v) is 9.03. The van der Waals surface area contributed by atoms with Crippen LogP contribution >= 0.6 is 0 Å². The predicted octanol–water partition coefficient (Wildman–Crippen LogP) is 4.45. The Morgan fingerprint density at radius 1 is 1.07 bits per heavy atom. The molecular formula is C23H39NO4. The smallest absolute Gasteiger partial charge is 0.407 e. The fourth-order valence-corrected chi connectivity index (χ4v) is 3.19. The maximum atomic E-state index is 12.2. The second kappa shape index (κ2) is 12.1. The van der Waals surface area contributed by atoms with Crippen molar-refractivity contribution in [2.75, 3.05) is 0 Å². The summed E-state index contributed by atoms with van der Waals surface area (Å²) in [5.41, 5.74) is 0.713. The van der Waals surface area contributed by atoms with Crippen LogP contribution in [-0.2, 0) is 11.2 Å². The Balaban J connectivity index is 2.54. The highest BCUT2D eigenvalue weighted by Gasteiger charge is 2.29. The number of ether oxygens (including phenoxy) is 1. The molecule has 1 aromatic rings. The number of aryl methyl sites for hydroxylation is 1. The standard InChI is InChI=1S/C23H39NO4/c1-17(2)16-20(25)21(26)19(24-22(27)28-23(3,4)5)15-11-7-10-14-18-12-8-6-9-13-18/h6,8-9,12-13,17,19-21,25-26H,7,10-11,14-16H2,1-5H3,(H,24,27)/t19-,20-,21+/m0/s1. The number of amides is 1. The van der Waals surface area contributed by atoms with Crippen LogP contribution in [0.5, 0.6) is 0 Å². The third-order valence-corrected chi connectivity index (χ3v) is 4.54. The number of carbonyl (C=O) groups excluding carboxylic acids is 1. The van der Waals surface area contributed by atoms with E-state index >= 15 is 0 Å². The van der Waals surface area contributed by atoms with Crippen molar-refractivity contribution in [1.29, 1.82) is 0 Å². The minimum atomic E-state index is -1.01. The number of aliphatic hydroxyl groups is 2. The van der Waals surface area contributed by atoms with Gasteiger partial charge < -0.3 is 20.3 Å². The van der Waals surface area contributed by atoms with E-state index in [1.165, 1.54) is 5.56 Å². The first kappa shape index (κ1) is 24.4. The van der Waals surface area contributed by atoms with Crippen molar-refractivity contribution < 1.29 is 19.7 Å². The molecule has 1 amide bonds. The summed E-state index contributed by atoms with van der Waals surface area (Å²) < 4.78 is 5.32. The van der Waals surface area contributed by atoms with Gasteiger partial charge in [-0.25, -0.2) is 4.79 Å². The molecule has 0 saturated carbocycles. The minimum absolute atomic E-state index is 0.262. The van der Waals surface area contributed by atoms with E-state index in [9.17, 15) is 15.0 Å². The Morgan fingerprint density at radius 2 is 1.71 bits per heavy atom. The lowest BCUT2D eigenvalue weighted by molar-refractivity contribution is -0.0198. The molecule has 0 aliphatic heterocycles. The summed E-state index contributed by atoms with van der Waals surface area (Å²) in [6.45, 7) is 9.39. The van der Waals surface area contributed by atoms with Gasteiger partial charge in [0, 0.05) is 0 Å². The van der Waals surface area contributed by atoms with Crippen LogP contribution in [0.2, 0.25) is 0 Å². The molecule has 5 nitrogen and oxygen atoms in total. The van der Waals surface area contributed by atoms with E-state index in [1.54, 1.807) is 20.8 Å². The summed E-state index contributed by atoms with van der Waals surface area (Å²) in [4.78, 5) is 12.2. The first-order chi connectivity index (χ1) is 13.1. The van der Waals surface area contributed by atoms with E-state index in [-0.39, 0.29) is 5.92 Å². The van der Waals surface area contributed by atoms with Crippen LogP contribution in [0.1, 0.15) is 72.3 Å². The van der Waals surface area contributed by atoms with Crippen LogP contribution in [0.25, 0.3) is 0 Å². The molecule has 0 bridgehead atoms. The molecule has 0 spiro atoms. The quantitative estimate of drug-likeness (QED) is 0.485. The monoisotopic (exact) mass is 393 g/mol. The average molecular weight is 394 g/mol. The number of aliphatic hydroxyl groups excluding tert-OH is 2. The number of carbonyl (C=O) groups is 1. The van der Waals surface area contributed by atoms with Crippen LogP contribution in [0.3, 0.4) is 0 Å². The van der Waals surface area contributed by atoms with Gasteiger partial charge in [0.05, 0.1) is 12.1 Å². The van der Waals surface area contributed by atoms with Crippen LogP contribution in [0.15, 0.2) is 30.3 Å². The second-order valence-electron chi connectivity index (χ2n) is 9.03. The molecule has 0 saturated heterocycles. The normalized spacial score (nSPS) is 15.1. The summed E-state index contributed by atoms with van der Waals surface area (Å²) in [5.74, 6) is 0.262. The van der Waals surface area contributed by atoms with Crippen LogP contribution in [0.4, 0.5) is 4.79 Å². The van der Waals surface area contributed by atoms with Crippen LogP contribution in [-0.4, -0.2) is 40.2 Å². The molecule has 1 rings (SSSR count). The van der Waals surface area contributed by atoms with Crippen molar-refractivity contribution >= 4 is 6.09 Å². The highest BCUT2D eigenvalue weighted by molar-refractivity contribution is 5.68. The van der Waals surface area contributed by atoms with Crippen molar-refractivity contribution in [2.24, 2.45) is 5.92 Å². The maximum absolute atomic E-state index is 12.2. The van der Waals surface area contributed by atoms with Gasteiger partial charge in [0.25, 0.3) is 0 Å². The molecule has 3 atom stereocenters. The molecule has 0 unspecified atom stereocenters. The summed E-state index contributed by atoms with van der Waals surface area (Å²) in [6, 6.07) is 9.82. The Hall–Kier alpha value is -1.59. The molecular weight excluding hydrogens is 354 g/mol. The Labute approximate surface area is 170 Å². The first-order valence-electron chi connectivity index (χ1n) is 10.5. The number of benzene rings is 1. The molecule has 0 aromatic heterocycles. The van der Waals surface area contributed by atoms with E-state index in [2.05, 4.69) is 17.4 Å². The largest absolute Gasteiger partial charge is 0.444 e. The van der Waals surface area contributed by atoms with Gasteiger partial charge in [-0.1, -0.05) is 57.0 Å². The van der Waals surface area contributed by atoms with E-state index in [0.717, 1.165) is 25.7 Å². The van der Waals surface area contributed by atoms with Crippen molar-refractivity contribution in [2.45, 2.75) is 97.0 Å². The van der Waals surface area contributed by atoms with Gasteiger partial charge in [-0.15, -0.1) is 0 Å². The molecule has 0 fully saturated rings. The summed E-state index contributed by atoms with van der Waals surface area (Å²) >= 11 is 0. The van der Waals surface area contributed by atoms with Gasteiger partial charge in [-0.3, -0.25) is 0 Å². The summed E-state index contributed by atoms with van der Waals surface area (Å²) in [5, 5.41) is 23.7. The number of hydrogen-bond donors (Lipinski definition) is 3. The zero-order valence-corrected chi connectivity index (χ0v) is 18.1. The summed E-state index contributed by atoms with van der Waals surface area (Å²) in [7, 11) is 0. The third kappa shape index (κ3) is 10.7. The molecule has 5 heteroatoms. The Morgan fingerprint density at radius 3 is 2.29 bits per heavy atom. The number of hydrogen-bond acceptors (Lipinski definition) is 4. The SMILES string of the molecule is CC(C)C[C@H](O)[C@H](O)[C@H](CCCCCc1ccccc1)NC(=O)OC(C)(C)C. The number of alkyl carbamates (subject to hydrolysis) is 1. The lowest BCUT2D eigenvalue weighted by atomic mass is 9.94. The summed E-state index contributed by atoms with van der Waals surface area (Å²) in [6.07, 6.45) is 2.57. The average Bonchev–Trinajstić information content (AvgIpc) is 2.58. The van der Waals surface area contributed by atoms with Gasteiger partial charge in [0.1, 0.15) is 11.7 Å². The predicted molar refractivity (Wildman–Crippen MR) is 113 cm³/mol. The molecule has 0 heterocycles. The fourth-order valence-electron chi connectivity index (χ4n) is 3.19.